The van der Waals surface area contributed by atoms with Gasteiger partial charge in [-0.15, -0.1) is 0 Å². The van der Waals surface area contributed by atoms with Crippen molar-refractivity contribution >= 4 is 38.4 Å². The standard InChI is InChI=1S/C19H16BrN3O/c1-12-4-3-5-13(2)19(12)22-18(24)11-23-10-14(9-21)16-8-15(20)6-7-17(16)23/h3-8,10H,11H2,1-2H3,(H,22,24). The Morgan fingerprint density at radius 1 is 1.25 bits per heavy atom. The minimum Gasteiger partial charge on any atom is -0.337 e. The summed E-state index contributed by atoms with van der Waals surface area (Å²) < 4.78 is 2.72. The first-order valence-corrected chi connectivity index (χ1v) is 8.33. The SMILES string of the molecule is Cc1cccc(C)c1NC(=O)Cn1cc(C#N)c2cc(Br)ccc21. The third kappa shape index (κ3) is 3.06. The minimum absolute atomic E-state index is 0.114. The number of rotatable bonds is 3. The number of hydrogen-bond donors (Lipinski definition) is 1. The number of amides is 1. The van der Waals surface area contributed by atoms with E-state index in [0.29, 0.717) is 5.56 Å². The van der Waals surface area contributed by atoms with Gasteiger partial charge in [-0.05, 0) is 43.2 Å². The molecule has 0 fully saturated rings. The Morgan fingerprint density at radius 3 is 2.62 bits per heavy atom. The van der Waals surface area contributed by atoms with Gasteiger partial charge in [-0.2, -0.15) is 5.26 Å². The van der Waals surface area contributed by atoms with E-state index >= 15 is 0 Å². The molecule has 3 aromatic rings. The van der Waals surface area contributed by atoms with Crippen LogP contribution in [0.25, 0.3) is 10.9 Å². The second-order valence-corrected chi connectivity index (χ2v) is 6.67. The number of fused-ring (bicyclic) bond motifs is 1. The van der Waals surface area contributed by atoms with Gasteiger partial charge in [-0.3, -0.25) is 4.79 Å². The maximum absolute atomic E-state index is 12.5. The van der Waals surface area contributed by atoms with Crippen LogP contribution in [0, 0.1) is 25.2 Å². The van der Waals surface area contributed by atoms with Gasteiger partial charge in [0, 0.05) is 27.3 Å². The van der Waals surface area contributed by atoms with Gasteiger partial charge in [0.15, 0.2) is 0 Å². The lowest BCUT2D eigenvalue weighted by Crippen LogP contribution is -2.19. The molecule has 0 aliphatic rings. The summed E-state index contributed by atoms with van der Waals surface area (Å²) in [5.41, 5.74) is 4.34. The van der Waals surface area contributed by atoms with E-state index in [9.17, 15) is 10.1 Å². The Hall–Kier alpha value is -2.58. The number of halogens is 1. The topological polar surface area (TPSA) is 57.8 Å². The molecule has 0 spiro atoms. The van der Waals surface area contributed by atoms with Crippen molar-refractivity contribution in [1.29, 1.82) is 5.26 Å². The van der Waals surface area contributed by atoms with E-state index in [4.69, 9.17) is 0 Å². The van der Waals surface area contributed by atoms with Crippen LogP contribution in [0.2, 0.25) is 0 Å². The molecule has 2 aromatic carbocycles. The monoisotopic (exact) mass is 381 g/mol. The summed E-state index contributed by atoms with van der Waals surface area (Å²) in [6.45, 7) is 4.10. The quantitative estimate of drug-likeness (QED) is 0.724. The highest BCUT2D eigenvalue weighted by Crippen LogP contribution is 2.25. The zero-order valence-electron chi connectivity index (χ0n) is 13.4. The number of nitrogens with one attached hydrogen (secondary N) is 1. The highest BCUT2D eigenvalue weighted by molar-refractivity contribution is 9.10. The highest BCUT2D eigenvalue weighted by Gasteiger charge is 2.13. The van der Waals surface area contributed by atoms with E-state index in [0.717, 1.165) is 32.2 Å². The fraction of sp³-hybridized carbons (Fsp3) is 0.158. The maximum atomic E-state index is 12.5. The summed E-state index contributed by atoms with van der Waals surface area (Å²) in [6.07, 6.45) is 1.72. The minimum atomic E-state index is -0.114. The third-order valence-electron chi connectivity index (χ3n) is 4.02. The van der Waals surface area contributed by atoms with Crippen molar-refractivity contribution in [2.45, 2.75) is 20.4 Å². The van der Waals surface area contributed by atoms with E-state index in [1.165, 1.54) is 0 Å². The molecule has 5 heteroatoms. The molecular formula is C19H16BrN3O. The zero-order valence-corrected chi connectivity index (χ0v) is 15.0. The number of hydrogen-bond acceptors (Lipinski definition) is 2. The average molecular weight is 382 g/mol. The summed E-state index contributed by atoms with van der Waals surface area (Å²) in [4.78, 5) is 12.5. The molecule has 0 aliphatic heterocycles. The van der Waals surface area contributed by atoms with Crippen LogP contribution < -0.4 is 5.32 Å². The molecule has 0 radical (unpaired) electrons. The highest BCUT2D eigenvalue weighted by atomic mass is 79.9. The van der Waals surface area contributed by atoms with Crippen molar-refractivity contribution in [3.63, 3.8) is 0 Å². The molecule has 3 rings (SSSR count). The number of carbonyl (C=O) groups excluding carboxylic acids is 1. The third-order valence-corrected chi connectivity index (χ3v) is 4.52. The van der Waals surface area contributed by atoms with Crippen molar-refractivity contribution in [3.8, 4) is 6.07 Å². The molecule has 0 bridgehead atoms. The van der Waals surface area contributed by atoms with E-state index in [1.54, 1.807) is 6.20 Å². The molecule has 24 heavy (non-hydrogen) atoms. The molecule has 4 nitrogen and oxygen atoms in total. The number of carbonyl (C=O) groups is 1. The second-order valence-electron chi connectivity index (χ2n) is 5.76. The Balaban J connectivity index is 1.90. The molecule has 1 amide bonds. The Labute approximate surface area is 148 Å². The van der Waals surface area contributed by atoms with E-state index < -0.39 is 0 Å². The first-order valence-electron chi connectivity index (χ1n) is 7.54. The molecule has 0 aliphatic carbocycles. The number of anilines is 1. The smallest absolute Gasteiger partial charge is 0.244 e. The molecule has 120 valence electrons. The first kappa shape index (κ1) is 16.3. The molecule has 0 saturated carbocycles. The predicted octanol–water partition coefficient (Wildman–Crippen LogP) is 4.53. The fourth-order valence-corrected chi connectivity index (χ4v) is 3.20. The van der Waals surface area contributed by atoms with Gasteiger partial charge < -0.3 is 9.88 Å². The number of aryl methyl sites for hydroxylation is 2. The van der Waals surface area contributed by atoms with Gasteiger partial charge in [0.2, 0.25) is 5.91 Å². The first-order chi connectivity index (χ1) is 11.5. The lowest BCUT2D eigenvalue weighted by Gasteiger charge is -2.12. The summed E-state index contributed by atoms with van der Waals surface area (Å²) in [5, 5.41) is 13.1. The normalized spacial score (nSPS) is 10.6. The molecule has 0 atom stereocenters. The van der Waals surface area contributed by atoms with Crippen LogP contribution in [-0.2, 0) is 11.3 Å². The van der Waals surface area contributed by atoms with Crippen molar-refractivity contribution < 1.29 is 4.79 Å². The van der Waals surface area contributed by atoms with Gasteiger partial charge in [-0.25, -0.2) is 0 Å². The molecule has 0 saturated heterocycles. The number of nitrogens with zero attached hydrogens (tertiary/aromatic N) is 2. The Morgan fingerprint density at radius 2 is 1.96 bits per heavy atom. The summed E-state index contributed by atoms with van der Waals surface area (Å²) in [5.74, 6) is -0.114. The lowest BCUT2D eigenvalue weighted by molar-refractivity contribution is -0.116. The van der Waals surface area contributed by atoms with Gasteiger partial charge in [0.1, 0.15) is 12.6 Å². The molecule has 1 N–H and O–H groups in total. The number of benzene rings is 2. The molecular weight excluding hydrogens is 366 g/mol. The van der Waals surface area contributed by atoms with E-state index in [1.807, 2.05) is 54.8 Å². The van der Waals surface area contributed by atoms with E-state index in [2.05, 4.69) is 27.3 Å². The summed E-state index contributed by atoms with van der Waals surface area (Å²) >= 11 is 3.42. The summed E-state index contributed by atoms with van der Waals surface area (Å²) in [7, 11) is 0. The Bertz CT molecular complexity index is 962. The number of aromatic nitrogens is 1. The predicted molar refractivity (Wildman–Crippen MR) is 98.9 cm³/mol. The average Bonchev–Trinajstić information content (AvgIpc) is 2.88. The van der Waals surface area contributed by atoms with Crippen molar-refractivity contribution in [2.75, 3.05) is 5.32 Å². The van der Waals surface area contributed by atoms with Gasteiger partial charge in [0.05, 0.1) is 5.56 Å². The van der Waals surface area contributed by atoms with Crippen molar-refractivity contribution in [2.24, 2.45) is 0 Å². The van der Waals surface area contributed by atoms with Crippen LogP contribution in [0.5, 0.6) is 0 Å². The number of para-hydroxylation sites is 1. The van der Waals surface area contributed by atoms with E-state index in [-0.39, 0.29) is 12.5 Å². The molecule has 0 unspecified atom stereocenters. The fourth-order valence-electron chi connectivity index (χ4n) is 2.83. The maximum Gasteiger partial charge on any atom is 0.244 e. The summed E-state index contributed by atoms with van der Waals surface area (Å²) in [6, 6.07) is 13.8. The van der Waals surface area contributed by atoms with Gasteiger partial charge >= 0.3 is 0 Å². The number of nitriles is 1. The van der Waals surface area contributed by atoms with Crippen LogP contribution in [0.4, 0.5) is 5.69 Å². The lowest BCUT2D eigenvalue weighted by atomic mass is 10.1. The van der Waals surface area contributed by atoms with Crippen LogP contribution in [0.3, 0.4) is 0 Å². The largest absolute Gasteiger partial charge is 0.337 e. The van der Waals surface area contributed by atoms with Crippen molar-refractivity contribution in [1.82, 2.24) is 4.57 Å². The van der Waals surface area contributed by atoms with Gasteiger partial charge in [0.25, 0.3) is 0 Å². The Kier molecular flexibility index (Phi) is 4.41. The molecule has 1 aromatic heterocycles. The zero-order chi connectivity index (χ0) is 17.3. The van der Waals surface area contributed by atoms with Gasteiger partial charge in [-0.1, -0.05) is 34.1 Å². The molecule has 1 heterocycles. The second kappa shape index (κ2) is 6.50. The van der Waals surface area contributed by atoms with Crippen LogP contribution in [0.15, 0.2) is 47.1 Å². The van der Waals surface area contributed by atoms with Crippen LogP contribution in [0.1, 0.15) is 16.7 Å². The van der Waals surface area contributed by atoms with Crippen LogP contribution >= 0.6 is 15.9 Å². The van der Waals surface area contributed by atoms with Crippen molar-refractivity contribution in [3.05, 3.63) is 63.8 Å². The van der Waals surface area contributed by atoms with Crippen LogP contribution in [-0.4, -0.2) is 10.5 Å².